The zero-order valence-electron chi connectivity index (χ0n) is 17.3. The van der Waals surface area contributed by atoms with E-state index in [-0.39, 0.29) is 18.2 Å². The number of carbonyl (C=O) groups excluding carboxylic acids is 2. The maximum atomic E-state index is 12.4. The smallest absolute Gasteiger partial charge is 0.355 e. The van der Waals surface area contributed by atoms with Gasteiger partial charge < -0.3 is 10.1 Å². The molecule has 2 aromatic carbocycles. The predicted molar refractivity (Wildman–Crippen MR) is 117 cm³/mol. The summed E-state index contributed by atoms with van der Waals surface area (Å²) in [6.07, 6.45) is 1.12. The minimum atomic E-state index is -0.669. The van der Waals surface area contributed by atoms with Crippen molar-refractivity contribution in [3.05, 3.63) is 81.7 Å². The average molecular weight is 436 g/mol. The van der Waals surface area contributed by atoms with E-state index in [9.17, 15) is 19.7 Å². The van der Waals surface area contributed by atoms with Crippen LogP contribution < -0.4 is 16.2 Å². The molecule has 1 aromatic heterocycles. The number of nitrogens with zero attached hydrogens (tertiary/aromatic N) is 3. The summed E-state index contributed by atoms with van der Waals surface area (Å²) in [6, 6.07) is 13.1. The van der Waals surface area contributed by atoms with Crippen LogP contribution in [0.1, 0.15) is 33.2 Å². The number of rotatable bonds is 8. The van der Waals surface area contributed by atoms with Crippen molar-refractivity contribution >= 4 is 34.9 Å². The van der Waals surface area contributed by atoms with Gasteiger partial charge in [0.15, 0.2) is 0 Å². The number of esters is 1. The lowest BCUT2D eigenvalue weighted by molar-refractivity contribution is -0.383. The molecule has 1 amide bonds. The highest BCUT2D eigenvalue weighted by Crippen LogP contribution is 2.30. The van der Waals surface area contributed by atoms with E-state index in [1.54, 1.807) is 50.2 Å². The lowest BCUT2D eigenvalue weighted by atomic mass is 10.1. The molecule has 0 aliphatic carbocycles. The molecule has 0 atom stereocenters. The molecule has 0 saturated carbocycles. The molecule has 0 radical (unpaired) electrons. The largest absolute Gasteiger partial charge is 0.462 e. The molecule has 11 heteroatoms. The van der Waals surface area contributed by atoms with Crippen LogP contribution in [-0.2, 0) is 4.74 Å². The van der Waals surface area contributed by atoms with E-state index in [0.29, 0.717) is 16.8 Å². The van der Waals surface area contributed by atoms with Crippen molar-refractivity contribution in [3.8, 4) is 0 Å². The van der Waals surface area contributed by atoms with Gasteiger partial charge in [0.2, 0.25) is 11.6 Å². The molecular formula is C21H20N6O5. The number of hydrogen-bond donors (Lipinski definition) is 3. The van der Waals surface area contributed by atoms with E-state index in [0.717, 1.165) is 11.9 Å². The zero-order chi connectivity index (χ0) is 23.1. The van der Waals surface area contributed by atoms with Crippen molar-refractivity contribution in [2.75, 3.05) is 17.3 Å². The molecule has 0 unspecified atom stereocenters. The maximum absolute atomic E-state index is 12.4. The summed E-state index contributed by atoms with van der Waals surface area (Å²) >= 11 is 0. The molecule has 3 aromatic rings. The number of nitrogens with one attached hydrogen (secondary N) is 3. The molecule has 164 valence electrons. The normalized spacial score (nSPS) is 10.2. The van der Waals surface area contributed by atoms with E-state index in [4.69, 9.17) is 4.74 Å². The quantitative estimate of drug-likeness (QED) is 0.274. The summed E-state index contributed by atoms with van der Waals surface area (Å²) in [5, 5.41) is 14.5. The minimum absolute atomic E-state index is 0.0958. The second-order valence-electron chi connectivity index (χ2n) is 6.49. The molecule has 0 saturated heterocycles. The van der Waals surface area contributed by atoms with Crippen LogP contribution in [0.25, 0.3) is 0 Å². The topological polar surface area (TPSA) is 148 Å². The van der Waals surface area contributed by atoms with Crippen LogP contribution in [0.2, 0.25) is 0 Å². The molecule has 32 heavy (non-hydrogen) atoms. The van der Waals surface area contributed by atoms with Crippen LogP contribution >= 0.6 is 0 Å². The van der Waals surface area contributed by atoms with E-state index < -0.39 is 22.5 Å². The first-order valence-electron chi connectivity index (χ1n) is 9.56. The number of aromatic nitrogens is 2. The van der Waals surface area contributed by atoms with Crippen molar-refractivity contribution in [2.45, 2.75) is 13.8 Å². The number of anilines is 3. The molecular weight excluding hydrogens is 416 g/mol. The first-order chi connectivity index (χ1) is 15.4. The van der Waals surface area contributed by atoms with Crippen LogP contribution in [0.4, 0.5) is 23.0 Å². The van der Waals surface area contributed by atoms with Crippen LogP contribution in [0.15, 0.2) is 54.9 Å². The third kappa shape index (κ3) is 5.14. The number of aryl methyl sites for hydroxylation is 1. The summed E-state index contributed by atoms with van der Waals surface area (Å²) in [6.45, 7) is 3.73. The number of nitro groups is 1. The molecule has 0 aliphatic heterocycles. The molecule has 1 heterocycles. The lowest BCUT2D eigenvalue weighted by Gasteiger charge is -2.12. The van der Waals surface area contributed by atoms with Crippen LogP contribution in [-0.4, -0.2) is 33.4 Å². The van der Waals surface area contributed by atoms with Gasteiger partial charge in [0.05, 0.1) is 17.1 Å². The van der Waals surface area contributed by atoms with E-state index in [2.05, 4.69) is 26.1 Å². The Kier molecular flexibility index (Phi) is 6.91. The fraction of sp³-hybridized carbons (Fsp3) is 0.143. The summed E-state index contributed by atoms with van der Waals surface area (Å²) < 4.78 is 4.93. The summed E-state index contributed by atoms with van der Waals surface area (Å²) in [7, 11) is 0. The molecule has 0 spiro atoms. The Morgan fingerprint density at radius 2 is 1.75 bits per heavy atom. The number of hydrazine groups is 1. The Morgan fingerprint density at radius 1 is 1.06 bits per heavy atom. The number of ether oxygens (including phenoxy) is 1. The Bertz CT molecular complexity index is 1150. The zero-order valence-corrected chi connectivity index (χ0v) is 17.3. The highest BCUT2D eigenvalue weighted by Gasteiger charge is 2.24. The van der Waals surface area contributed by atoms with Gasteiger partial charge in [-0.05, 0) is 49.7 Å². The van der Waals surface area contributed by atoms with Gasteiger partial charge in [-0.25, -0.2) is 14.8 Å². The average Bonchev–Trinajstić information content (AvgIpc) is 2.78. The minimum Gasteiger partial charge on any atom is -0.462 e. The van der Waals surface area contributed by atoms with Crippen LogP contribution in [0.3, 0.4) is 0 Å². The number of amides is 1. The van der Waals surface area contributed by atoms with Crippen LogP contribution in [0, 0.1) is 17.0 Å². The highest BCUT2D eigenvalue weighted by atomic mass is 16.6. The molecule has 0 fully saturated rings. The van der Waals surface area contributed by atoms with Gasteiger partial charge in [0.25, 0.3) is 5.91 Å². The fourth-order valence-electron chi connectivity index (χ4n) is 2.79. The molecule has 0 bridgehead atoms. The van der Waals surface area contributed by atoms with Crippen molar-refractivity contribution < 1.29 is 19.2 Å². The lowest BCUT2D eigenvalue weighted by Crippen LogP contribution is -2.30. The maximum Gasteiger partial charge on any atom is 0.355 e. The van der Waals surface area contributed by atoms with Crippen molar-refractivity contribution in [2.24, 2.45) is 0 Å². The van der Waals surface area contributed by atoms with Gasteiger partial charge >= 0.3 is 11.7 Å². The Balaban J connectivity index is 1.79. The Morgan fingerprint density at radius 3 is 2.41 bits per heavy atom. The molecule has 0 aliphatic rings. The fourth-order valence-corrected chi connectivity index (χ4v) is 2.79. The first-order valence-corrected chi connectivity index (χ1v) is 9.56. The molecule has 3 N–H and O–H groups in total. The third-order valence-electron chi connectivity index (χ3n) is 4.35. The van der Waals surface area contributed by atoms with Gasteiger partial charge in [-0.15, -0.1) is 0 Å². The Hall–Kier alpha value is -4.54. The summed E-state index contributed by atoms with van der Waals surface area (Å²) in [5.41, 5.74) is 6.39. The monoisotopic (exact) mass is 436 g/mol. The van der Waals surface area contributed by atoms with Crippen LogP contribution in [0.5, 0.6) is 0 Å². The number of hydrogen-bond acceptors (Lipinski definition) is 9. The highest BCUT2D eigenvalue weighted by molar-refractivity contribution is 5.96. The standard InChI is InChI=1S/C21H20N6O5/c1-3-32-21(29)14-8-10-15(11-9-14)24-18-17(27(30)31)19(23-12-22-18)25-26-20(28)16-7-5-4-6-13(16)2/h4-12H,3H2,1-2H3,(H,26,28)(H2,22,23,24,25). The van der Waals surface area contributed by atoms with E-state index >= 15 is 0 Å². The van der Waals surface area contributed by atoms with Crippen molar-refractivity contribution in [1.29, 1.82) is 0 Å². The van der Waals surface area contributed by atoms with Crippen molar-refractivity contribution in [1.82, 2.24) is 15.4 Å². The second-order valence-corrected chi connectivity index (χ2v) is 6.49. The Labute approximate surface area is 183 Å². The predicted octanol–water partition coefficient (Wildman–Crippen LogP) is 3.37. The summed E-state index contributed by atoms with van der Waals surface area (Å²) in [5.74, 6) is -1.23. The van der Waals surface area contributed by atoms with Gasteiger partial charge in [-0.1, -0.05) is 18.2 Å². The van der Waals surface area contributed by atoms with Gasteiger partial charge in [-0.3, -0.25) is 25.8 Å². The van der Waals surface area contributed by atoms with E-state index in [1.807, 2.05) is 0 Å². The molecule has 11 nitrogen and oxygen atoms in total. The second kappa shape index (κ2) is 9.98. The van der Waals surface area contributed by atoms with Gasteiger partial charge in [0, 0.05) is 11.3 Å². The number of carbonyl (C=O) groups is 2. The number of benzene rings is 2. The summed E-state index contributed by atoms with van der Waals surface area (Å²) in [4.78, 5) is 43.0. The molecule has 3 rings (SSSR count). The van der Waals surface area contributed by atoms with E-state index in [1.165, 1.54) is 12.1 Å². The van der Waals surface area contributed by atoms with Gasteiger partial charge in [0.1, 0.15) is 6.33 Å². The first kappa shape index (κ1) is 22.2. The SMILES string of the molecule is CCOC(=O)c1ccc(Nc2ncnc(NNC(=O)c3ccccc3C)c2[N+](=O)[O-])cc1. The van der Waals surface area contributed by atoms with Gasteiger partial charge in [-0.2, -0.15) is 0 Å². The van der Waals surface area contributed by atoms with Crippen molar-refractivity contribution in [3.63, 3.8) is 0 Å². The third-order valence-corrected chi connectivity index (χ3v) is 4.35.